The smallest absolute Gasteiger partial charge is 0.123 e. The van der Waals surface area contributed by atoms with E-state index in [1.165, 1.54) is 15.3 Å². The van der Waals surface area contributed by atoms with Crippen molar-refractivity contribution >= 4 is 11.3 Å². The van der Waals surface area contributed by atoms with Crippen LogP contribution in [0.1, 0.15) is 43.0 Å². The predicted molar refractivity (Wildman–Crippen MR) is 83.2 cm³/mol. The van der Waals surface area contributed by atoms with Crippen LogP contribution in [0.4, 0.5) is 0 Å². The van der Waals surface area contributed by atoms with Crippen molar-refractivity contribution in [2.24, 2.45) is 0 Å². The Balaban J connectivity index is 2.11. The molecule has 19 heavy (non-hydrogen) atoms. The van der Waals surface area contributed by atoms with Crippen LogP contribution in [0.15, 0.2) is 36.4 Å². The molecule has 2 rings (SSSR count). The molecule has 1 nitrogen and oxygen atoms in total. The summed E-state index contributed by atoms with van der Waals surface area (Å²) in [5, 5.41) is 0. The molecule has 2 aromatic rings. The van der Waals surface area contributed by atoms with Gasteiger partial charge < -0.3 is 4.74 Å². The largest absolute Gasteiger partial charge is 0.488 e. The lowest BCUT2D eigenvalue weighted by Crippen LogP contribution is -2.13. The van der Waals surface area contributed by atoms with Crippen molar-refractivity contribution in [1.29, 1.82) is 0 Å². The van der Waals surface area contributed by atoms with Gasteiger partial charge in [0.2, 0.25) is 0 Å². The van der Waals surface area contributed by atoms with Crippen molar-refractivity contribution < 1.29 is 4.74 Å². The summed E-state index contributed by atoms with van der Waals surface area (Å²) in [7, 11) is 0. The van der Waals surface area contributed by atoms with E-state index in [1.54, 1.807) is 0 Å². The second kappa shape index (κ2) is 5.79. The molecule has 0 bridgehead atoms. The number of hydrogen-bond donors (Lipinski definition) is 0. The van der Waals surface area contributed by atoms with Crippen molar-refractivity contribution in [3.63, 3.8) is 0 Å². The number of rotatable bonds is 4. The van der Waals surface area contributed by atoms with E-state index in [9.17, 15) is 0 Å². The van der Waals surface area contributed by atoms with Crippen LogP contribution in [0, 0.1) is 0 Å². The third-order valence-corrected chi connectivity index (χ3v) is 4.33. The summed E-state index contributed by atoms with van der Waals surface area (Å²) in [6, 6.07) is 12.7. The van der Waals surface area contributed by atoms with E-state index < -0.39 is 0 Å². The average Bonchev–Trinajstić information content (AvgIpc) is 2.83. The Kier molecular flexibility index (Phi) is 4.31. The van der Waals surface area contributed by atoms with Gasteiger partial charge in [0.1, 0.15) is 12.4 Å². The van der Waals surface area contributed by atoms with E-state index in [2.05, 4.69) is 58.0 Å². The first-order valence-corrected chi connectivity index (χ1v) is 7.62. The topological polar surface area (TPSA) is 9.23 Å². The number of thiophene rings is 1. The lowest BCUT2D eigenvalue weighted by Gasteiger charge is -2.22. The summed E-state index contributed by atoms with van der Waals surface area (Å²) in [6.45, 7) is 9.50. The lowest BCUT2D eigenvalue weighted by molar-refractivity contribution is 0.301. The molecule has 0 fully saturated rings. The van der Waals surface area contributed by atoms with Gasteiger partial charge in [0.25, 0.3) is 0 Å². The van der Waals surface area contributed by atoms with E-state index in [1.807, 2.05) is 17.4 Å². The van der Waals surface area contributed by atoms with Crippen molar-refractivity contribution in [1.82, 2.24) is 0 Å². The fraction of sp³-hybridized carbons (Fsp3) is 0.412. The first-order chi connectivity index (χ1) is 9.00. The standard InChI is InChI=1S/C17H22OS/c1-5-13-10-11-14(19-13)12-18-16-9-7-6-8-15(16)17(2,3)4/h6-11H,5,12H2,1-4H3. The molecule has 0 aliphatic heterocycles. The lowest BCUT2D eigenvalue weighted by atomic mass is 9.86. The molecule has 0 radical (unpaired) electrons. The Morgan fingerprint density at radius 3 is 2.32 bits per heavy atom. The summed E-state index contributed by atoms with van der Waals surface area (Å²) >= 11 is 1.84. The highest BCUT2D eigenvalue weighted by Gasteiger charge is 2.18. The summed E-state index contributed by atoms with van der Waals surface area (Å²) in [5.74, 6) is 1.00. The third-order valence-electron chi connectivity index (χ3n) is 3.13. The molecular weight excluding hydrogens is 252 g/mol. The fourth-order valence-corrected chi connectivity index (χ4v) is 2.92. The molecule has 1 aromatic heterocycles. The second-order valence-corrected chi connectivity index (χ2v) is 7.01. The molecule has 0 spiro atoms. The number of para-hydroxylation sites is 1. The van der Waals surface area contributed by atoms with Gasteiger partial charge in [0.05, 0.1) is 0 Å². The highest BCUT2D eigenvalue weighted by atomic mass is 32.1. The Hall–Kier alpha value is -1.28. The summed E-state index contributed by atoms with van der Waals surface area (Å²) in [4.78, 5) is 2.71. The summed E-state index contributed by atoms with van der Waals surface area (Å²) in [6.07, 6.45) is 1.10. The van der Waals surface area contributed by atoms with E-state index in [0.717, 1.165) is 12.2 Å². The zero-order valence-corrected chi connectivity index (χ0v) is 13.0. The molecule has 2 heteroatoms. The summed E-state index contributed by atoms with van der Waals surface area (Å²) in [5.41, 5.74) is 1.38. The van der Waals surface area contributed by atoms with Crippen molar-refractivity contribution in [2.75, 3.05) is 0 Å². The van der Waals surface area contributed by atoms with Gasteiger partial charge in [-0.25, -0.2) is 0 Å². The molecule has 0 N–H and O–H groups in total. The molecule has 0 aliphatic carbocycles. The minimum atomic E-state index is 0.112. The van der Waals surface area contributed by atoms with E-state index in [4.69, 9.17) is 4.74 Å². The van der Waals surface area contributed by atoms with Crippen molar-refractivity contribution in [3.05, 3.63) is 51.7 Å². The van der Waals surface area contributed by atoms with Gasteiger partial charge in [0.15, 0.2) is 0 Å². The minimum Gasteiger partial charge on any atom is -0.488 e. The van der Waals surface area contributed by atoms with Gasteiger partial charge in [0, 0.05) is 9.75 Å². The molecule has 1 aromatic carbocycles. The molecule has 0 atom stereocenters. The zero-order chi connectivity index (χ0) is 13.9. The average molecular weight is 274 g/mol. The molecule has 102 valence electrons. The maximum Gasteiger partial charge on any atom is 0.123 e. The number of aryl methyl sites for hydroxylation is 1. The van der Waals surface area contributed by atoms with Gasteiger partial charge in [-0.2, -0.15) is 0 Å². The fourth-order valence-electron chi connectivity index (χ4n) is 2.05. The monoisotopic (exact) mass is 274 g/mol. The van der Waals surface area contributed by atoms with Crippen LogP contribution in [0.5, 0.6) is 5.75 Å². The van der Waals surface area contributed by atoms with Gasteiger partial charge in [-0.1, -0.05) is 45.9 Å². The Morgan fingerprint density at radius 1 is 1.00 bits per heavy atom. The van der Waals surface area contributed by atoms with Crippen LogP contribution >= 0.6 is 11.3 Å². The predicted octanol–water partition coefficient (Wildman–Crippen LogP) is 5.19. The molecule has 1 heterocycles. The SMILES string of the molecule is CCc1ccc(COc2ccccc2C(C)(C)C)s1. The Labute approximate surface area is 120 Å². The zero-order valence-electron chi connectivity index (χ0n) is 12.2. The minimum absolute atomic E-state index is 0.112. The normalized spacial score (nSPS) is 11.6. The van der Waals surface area contributed by atoms with Crippen LogP contribution in [-0.2, 0) is 18.4 Å². The highest BCUT2D eigenvalue weighted by Crippen LogP contribution is 2.31. The maximum atomic E-state index is 6.02. The summed E-state index contributed by atoms with van der Waals surface area (Å²) < 4.78 is 6.02. The first kappa shape index (κ1) is 14.1. The van der Waals surface area contributed by atoms with Crippen LogP contribution in [0.3, 0.4) is 0 Å². The molecule has 0 amide bonds. The van der Waals surface area contributed by atoms with Crippen LogP contribution in [-0.4, -0.2) is 0 Å². The molecular formula is C17H22OS. The molecule has 0 saturated carbocycles. The van der Waals surface area contributed by atoms with Gasteiger partial charge in [-0.15, -0.1) is 11.3 Å². The van der Waals surface area contributed by atoms with Crippen LogP contribution in [0.2, 0.25) is 0 Å². The first-order valence-electron chi connectivity index (χ1n) is 6.80. The number of hydrogen-bond acceptors (Lipinski definition) is 2. The van der Waals surface area contributed by atoms with Crippen molar-refractivity contribution in [3.8, 4) is 5.75 Å². The van der Waals surface area contributed by atoms with Crippen molar-refractivity contribution in [2.45, 2.75) is 46.1 Å². The second-order valence-electron chi connectivity index (χ2n) is 5.76. The van der Waals surface area contributed by atoms with E-state index in [0.29, 0.717) is 6.61 Å². The Morgan fingerprint density at radius 2 is 1.68 bits per heavy atom. The van der Waals surface area contributed by atoms with E-state index in [-0.39, 0.29) is 5.41 Å². The quantitative estimate of drug-likeness (QED) is 0.745. The Bertz CT molecular complexity index is 534. The molecule has 0 aliphatic rings. The third kappa shape index (κ3) is 3.60. The maximum absolute atomic E-state index is 6.02. The van der Waals surface area contributed by atoms with Gasteiger partial charge in [-0.05, 0) is 35.6 Å². The van der Waals surface area contributed by atoms with Gasteiger partial charge in [-0.3, -0.25) is 0 Å². The van der Waals surface area contributed by atoms with Gasteiger partial charge >= 0.3 is 0 Å². The molecule has 0 saturated heterocycles. The van der Waals surface area contributed by atoms with E-state index >= 15 is 0 Å². The molecule has 0 unspecified atom stereocenters. The number of ether oxygens (including phenoxy) is 1. The highest BCUT2D eigenvalue weighted by molar-refractivity contribution is 7.11. The number of benzene rings is 1. The van der Waals surface area contributed by atoms with Crippen LogP contribution in [0.25, 0.3) is 0 Å². The van der Waals surface area contributed by atoms with Crippen LogP contribution < -0.4 is 4.74 Å².